The van der Waals surface area contributed by atoms with E-state index in [9.17, 15) is 10.2 Å². The first-order chi connectivity index (χ1) is 10.6. The maximum Gasteiger partial charge on any atom is 0.126 e. The Bertz CT molecular complexity index is 515. The lowest BCUT2D eigenvalue weighted by Gasteiger charge is -2.64. The molecule has 1 aliphatic heterocycles. The van der Waals surface area contributed by atoms with Gasteiger partial charge in [0, 0.05) is 0 Å². The topological polar surface area (TPSA) is 53.0 Å². The largest absolute Gasteiger partial charge is 0.387 e. The fourth-order valence-electron chi connectivity index (χ4n) is 7.34. The third kappa shape index (κ3) is 1.82. The van der Waals surface area contributed by atoms with Gasteiger partial charge in [-0.25, -0.2) is 0 Å². The lowest BCUT2D eigenvalue weighted by Crippen LogP contribution is -2.68. The molecule has 0 bridgehead atoms. The molecule has 0 unspecified atom stereocenters. The van der Waals surface area contributed by atoms with Gasteiger partial charge >= 0.3 is 0 Å². The summed E-state index contributed by atoms with van der Waals surface area (Å²) in [4.78, 5) is 0. The maximum atomic E-state index is 11.6. The van der Waals surface area contributed by atoms with Crippen LogP contribution in [0.1, 0.15) is 73.1 Å². The van der Waals surface area contributed by atoms with Crippen molar-refractivity contribution in [3.05, 3.63) is 0 Å². The average Bonchev–Trinajstić information content (AvgIpc) is 3.17. The molecule has 3 saturated carbocycles. The van der Waals surface area contributed by atoms with Gasteiger partial charge in [-0.15, -0.1) is 0 Å². The second kappa shape index (κ2) is 4.53. The van der Waals surface area contributed by atoms with Crippen molar-refractivity contribution in [3.8, 4) is 0 Å². The molecule has 0 radical (unpaired) electrons. The summed E-state index contributed by atoms with van der Waals surface area (Å²) in [5.41, 5.74) is -0.977. The number of aliphatic hydroxyl groups excluding tert-OH is 1. The molecule has 2 N–H and O–H groups in total. The summed E-state index contributed by atoms with van der Waals surface area (Å²) >= 11 is 0. The maximum absolute atomic E-state index is 11.6. The van der Waals surface area contributed by atoms with Crippen LogP contribution in [0.5, 0.6) is 0 Å². The van der Waals surface area contributed by atoms with E-state index in [2.05, 4.69) is 34.6 Å². The minimum atomic E-state index is -0.962. The van der Waals surface area contributed by atoms with Crippen molar-refractivity contribution in [3.63, 3.8) is 0 Å². The van der Waals surface area contributed by atoms with E-state index in [4.69, 9.17) is 4.74 Å². The van der Waals surface area contributed by atoms with Crippen LogP contribution in [-0.2, 0) is 4.74 Å². The zero-order chi connectivity index (χ0) is 16.8. The van der Waals surface area contributed by atoms with E-state index in [1.165, 1.54) is 19.3 Å². The number of aliphatic hydroxyl groups is 2. The lowest BCUT2D eigenvalue weighted by atomic mass is 9.42. The van der Waals surface area contributed by atoms with Gasteiger partial charge in [-0.2, -0.15) is 0 Å². The Morgan fingerprint density at radius 1 is 1.04 bits per heavy atom. The van der Waals surface area contributed by atoms with Gasteiger partial charge in [0.25, 0.3) is 0 Å². The first-order valence-corrected chi connectivity index (χ1v) is 9.67. The molecule has 4 aliphatic rings. The predicted octanol–water partition coefficient (Wildman–Crippen LogP) is 3.52. The summed E-state index contributed by atoms with van der Waals surface area (Å²) < 4.78 is 6.06. The Kier molecular flexibility index (Phi) is 3.22. The van der Waals surface area contributed by atoms with Gasteiger partial charge < -0.3 is 14.9 Å². The second-order valence-electron chi connectivity index (χ2n) is 10.2. The lowest BCUT2D eigenvalue weighted by molar-refractivity contribution is -0.236. The molecule has 3 heteroatoms. The molecule has 7 atom stereocenters. The highest BCUT2D eigenvalue weighted by molar-refractivity contribution is 5.25. The SMILES string of the molecule is CC(C)[C@]12O[C@H]1C[C@@H]1[C@@]3(C)CCCC(C)(C)[C@@H]3CC[C@@]1(O)[C@H]2O. The zero-order valence-corrected chi connectivity index (χ0v) is 15.4. The Labute approximate surface area is 140 Å². The van der Waals surface area contributed by atoms with E-state index in [0.717, 1.165) is 19.3 Å². The molecule has 0 aromatic carbocycles. The monoisotopic (exact) mass is 322 g/mol. The van der Waals surface area contributed by atoms with Gasteiger partial charge in [0.1, 0.15) is 11.7 Å². The number of hydrogen-bond donors (Lipinski definition) is 2. The van der Waals surface area contributed by atoms with Crippen LogP contribution >= 0.6 is 0 Å². The molecular weight excluding hydrogens is 288 g/mol. The van der Waals surface area contributed by atoms with E-state index < -0.39 is 17.3 Å². The number of rotatable bonds is 1. The van der Waals surface area contributed by atoms with Crippen LogP contribution in [0.3, 0.4) is 0 Å². The van der Waals surface area contributed by atoms with Crippen molar-refractivity contribution in [1.29, 1.82) is 0 Å². The smallest absolute Gasteiger partial charge is 0.126 e. The van der Waals surface area contributed by atoms with E-state index in [-0.39, 0.29) is 23.4 Å². The van der Waals surface area contributed by atoms with Crippen molar-refractivity contribution in [1.82, 2.24) is 0 Å². The van der Waals surface area contributed by atoms with Crippen molar-refractivity contribution in [2.45, 2.75) is 96.6 Å². The van der Waals surface area contributed by atoms with Crippen molar-refractivity contribution < 1.29 is 14.9 Å². The van der Waals surface area contributed by atoms with Crippen molar-refractivity contribution in [2.24, 2.45) is 28.6 Å². The molecule has 4 rings (SSSR count). The molecule has 0 aromatic heterocycles. The molecule has 0 aromatic rings. The van der Waals surface area contributed by atoms with Crippen LogP contribution in [0.2, 0.25) is 0 Å². The first-order valence-electron chi connectivity index (χ1n) is 9.67. The van der Waals surface area contributed by atoms with E-state index >= 15 is 0 Å². The van der Waals surface area contributed by atoms with Gasteiger partial charge in [0.2, 0.25) is 0 Å². The fraction of sp³-hybridized carbons (Fsp3) is 1.00. The molecule has 3 aliphatic carbocycles. The summed E-state index contributed by atoms with van der Waals surface area (Å²) in [5, 5.41) is 22.8. The Morgan fingerprint density at radius 3 is 2.39 bits per heavy atom. The number of ether oxygens (including phenoxy) is 1. The summed E-state index contributed by atoms with van der Waals surface area (Å²) in [6.07, 6.45) is 5.81. The third-order valence-corrected chi connectivity index (χ3v) is 8.55. The van der Waals surface area contributed by atoms with Gasteiger partial charge in [-0.3, -0.25) is 0 Å². The van der Waals surface area contributed by atoms with Gasteiger partial charge in [0.15, 0.2) is 0 Å². The third-order valence-electron chi connectivity index (χ3n) is 8.55. The highest BCUT2D eigenvalue weighted by Crippen LogP contribution is 2.69. The molecule has 1 heterocycles. The van der Waals surface area contributed by atoms with E-state index in [1.807, 2.05) is 0 Å². The molecule has 0 spiro atoms. The fourth-order valence-corrected chi connectivity index (χ4v) is 7.34. The quantitative estimate of drug-likeness (QED) is 0.726. The zero-order valence-electron chi connectivity index (χ0n) is 15.4. The number of fused-ring (bicyclic) bond motifs is 4. The number of hydrogen-bond acceptors (Lipinski definition) is 3. The van der Waals surface area contributed by atoms with Gasteiger partial charge in [-0.1, -0.05) is 41.0 Å². The minimum Gasteiger partial charge on any atom is -0.387 e. The van der Waals surface area contributed by atoms with Crippen LogP contribution in [0, 0.1) is 28.6 Å². The molecule has 23 heavy (non-hydrogen) atoms. The Morgan fingerprint density at radius 2 is 1.74 bits per heavy atom. The minimum absolute atomic E-state index is 0.130. The number of epoxide rings is 1. The average molecular weight is 322 g/mol. The molecule has 4 fully saturated rings. The summed E-state index contributed by atoms with van der Waals surface area (Å²) in [5.74, 6) is 1.06. The Balaban J connectivity index is 1.73. The standard InChI is InChI=1S/C20H34O3/c1-12(2)20-15(23-20)11-14-18(5)9-6-8-17(3,4)13(18)7-10-19(14,22)16(20)21/h12-16,21-22H,6-11H2,1-5H3/t13-,14+,15-,16+,18-,19-,20-/m0/s1. The van der Waals surface area contributed by atoms with Crippen LogP contribution in [0.4, 0.5) is 0 Å². The molecule has 3 nitrogen and oxygen atoms in total. The summed E-state index contributed by atoms with van der Waals surface area (Å²) in [6, 6.07) is 0. The van der Waals surface area contributed by atoms with E-state index in [0.29, 0.717) is 11.3 Å². The van der Waals surface area contributed by atoms with Crippen LogP contribution in [0.15, 0.2) is 0 Å². The van der Waals surface area contributed by atoms with Gasteiger partial charge in [-0.05, 0) is 60.7 Å². The Hall–Kier alpha value is -0.120. The van der Waals surface area contributed by atoms with Crippen LogP contribution in [-0.4, -0.2) is 33.6 Å². The molecule has 1 saturated heterocycles. The predicted molar refractivity (Wildman–Crippen MR) is 90.0 cm³/mol. The van der Waals surface area contributed by atoms with Crippen molar-refractivity contribution in [2.75, 3.05) is 0 Å². The van der Waals surface area contributed by atoms with Crippen LogP contribution in [0.25, 0.3) is 0 Å². The summed E-state index contributed by atoms with van der Waals surface area (Å²) in [7, 11) is 0. The van der Waals surface area contributed by atoms with Gasteiger partial charge in [0.05, 0.1) is 11.7 Å². The highest BCUT2D eigenvalue weighted by Gasteiger charge is 2.76. The van der Waals surface area contributed by atoms with E-state index in [1.54, 1.807) is 0 Å². The molecular formula is C20H34O3. The van der Waals surface area contributed by atoms with Crippen molar-refractivity contribution >= 4 is 0 Å². The normalized spacial score (nSPS) is 57.4. The second-order valence-corrected chi connectivity index (χ2v) is 10.2. The summed E-state index contributed by atoms with van der Waals surface area (Å²) in [6.45, 7) is 11.4. The highest BCUT2D eigenvalue weighted by atomic mass is 16.6. The van der Waals surface area contributed by atoms with Crippen LogP contribution < -0.4 is 0 Å². The first kappa shape index (κ1) is 16.4. The molecule has 132 valence electrons. The molecule has 0 amide bonds.